The third-order valence-electron chi connectivity index (χ3n) is 5.14. The predicted octanol–water partition coefficient (Wildman–Crippen LogP) is 5.83. The Bertz CT molecular complexity index is 1350. The molecular formula is C26H21ClN2O5S. The van der Waals surface area contributed by atoms with Crippen LogP contribution in [0.15, 0.2) is 70.6 Å². The standard InChI is InChI=1S/C26H21ClN2O5S/c1-15-6-11-19(27)13-20(15)28-26-29-24(30)22(35-26)12-18-4-3-5-21(33-2)23(18)34-14-16-7-9-17(10-8-16)25(31)32/h3-13H,14H2,1-2H3,(H,31,32)(H,28,29,30)/b22-12-. The molecule has 1 aliphatic rings. The second-order valence-electron chi connectivity index (χ2n) is 7.58. The lowest BCUT2D eigenvalue weighted by atomic mass is 10.1. The van der Waals surface area contributed by atoms with Crippen LogP contribution in [0.4, 0.5) is 5.69 Å². The van der Waals surface area contributed by atoms with Crippen LogP contribution in [-0.2, 0) is 11.4 Å². The Morgan fingerprint density at radius 2 is 1.94 bits per heavy atom. The number of thioether (sulfide) groups is 1. The average Bonchev–Trinajstić information content (AvgIpc) is 3.19. The molecule has 1 amide bonds. The van der Waals surface area contributed by atoms with Crippen molar-refractivity contribution >= 4 is 52.2 Å². The molecule has 1 fully saturated rings. The number of aromatic carboxylic acids is 1. The van der Waals surface area contributed by atoms with Gasteiger partial charge in [-0.3, -0.25) is 4.79 Å². The van der Waals surface area contributed by atoms with Gasteiger partial charge >= 0.3 is 5.97 Å². The summed E-state index contributed by atoms with van der Waals surface area (Å²) in [4.78, 5) is 28.7. The monoisotopic (exact) mass is 508 g/mol. The third kappa shape index (κ3) is 5.85. The number of aliphatic imine (C=N–C) groups is 1. The third-order valence-corrected chi connectivity index (χ3v) is 6.29. The number of ether oxygens (including phenoxy) is 2. The van der Waals surface area contributed by atoms with E-state index in [1.165, 1.54) is 31.0 Å². The highest BCUT2D eigenvalue weighted by atomic mass is 35.5. The number of amides is 1. The molecule has 0 aromatic heterocycles. The number of nitrogens with one attached hydrogen (secondary N) is 1. The Balaban J connectivity index is 1.58. The first-order valence-corrected chi connectivity index (χ1v) is 11.7. The van der Waals surface area contributed by atoms with Crippen molar-refractivity contribution in [2.45, 2.75) is 13.5 Å². The summed E-state index contributed by atoms with van der Waals surface area (Å²) < 4.78 is 11.5. The molecule has 9 heteroatoms. The van der Waals surface area contributed by atoms with Crippen molar-refractivity contribution in [3.63, 3.8) is 0 Å². The second kappa shape index (κ2) is 10.7. The Morgan fingerprint density at radius 1 is 1.17 bits per heavy atom. The van der Waals surface area contributed by atoms with Gasteiger partial charge in [0, 0.05) is 10.6 Å². The van der Waals surface area contributed by atoms with E-state index in [2.05, 4.69) is 10.3 Å². The predicted molar refractivity (Wildman–Crippen MR) is 138 cm³/mol. The maximum atomic E-state index is 12.6. The van der Waals surface area contributed by atoms with Crippen molar-refractivity contribution < 1.29 is 24.2 Å². The Hall–Kier alpha value is -3.75. The molecule has 3 aromatic carbocycles. The van der Waals surface area contributed by atoms with Gasteiger partial charge in [-0.25, -0.2) is 9.79 Å². The zero-order chi connectivity index (χ0) is 24.9. The molecule has 0 unspecified atom stereocenters. The van der Waals surface area contributed by atoms with Crippen molar-refractivity contribution in [3.05, 3.63) is 92.8 Å². The summed E-state index contributed by atoms with van der Waals surface area (Å²) in [6, 6.07) is 17.2. The maximum Gasteiger partial charge on any atom is 0.335 e. The normalized spacial score (nSPS) is 15.3. The molecule has 0 saturated carbocycles. The van der Waals surface area contributed by atoms with Crippen LogP contribution in [0.2, 0.25) is 5.02 Å². The van der Waals surface area contributed by atoms with Crippen LogP contribution in [0, 0.1) is 6.92 Å². The molecule has 178 valence electrons. The van der Waals surface area contributed by atoms with E-state index in [9.17, 15) is 9.59 Å². The highest BCUT2D eigenvalue weighted by Crippen LogP contribution is 2.36. The topological polar surface area (TPSA) is 97.2 Å². The maximum absolute atomic E-state index is 12.6. The number of carbonyl (C=O) groups is 2. The number of hydrogen-bond acceptors (Lipinski definition) is 6. The van der Waals surface area contributed by atoms with E-state index in [4.69, 9.17) is 26.2 Å². The SMILES string of the molecule is COc1cccc(/C=C2\SC(=Nc3cc(Cl)ccc3C)NC2=O)c1OCc1ccc(C(=O)O)cc1. The van der Waals surface area contributed by atoms with E-state index in [1.807, 2.05) is 25.1 Å². The number of para-hydroxylation sites is 1. The number of amidine groups is 1. The number of methoxy groups -OCH3 is 1. The Kier molecular flexibility index (Phi) is 7.43. The fraction of sp³-hybridized carbons (Fsp3) is 0.115. The zero-order valence-corrected chi connectivity index (χ0v) is 20.4. The van der Waals surface area contributed by atoms with Gasteiger partial charge in [-0.15, -0.1) is 0 Å². The summed E-state index contributed by atoms with van der Waals surface area (Å²) >= 11 is 7.30. The van der Waals surface area contributed by atoms with Crippen molar-refractivity contribution in [2.75, 3.05) is 7.11 Å². The molecule has 0 bridgehead atoms. The van der Waals surface area contributed by atoms with Crippen LogP contribution < -0.4 is 14.8 Å². The highest BCUT2D eigenvalue weighted by Gasteiger charge is 2.25. The van der Waals surface area contributed by atoms with Gasteiger partial charge in [-0.1, -0.05) is 41.9 Å². The molecular weight excluding hydrogens is 488 g/mol. The Morgan fingerprint density at radius 3 is 2.66 bits per heavy atom. The summed E-state index contributed by atoms with van der Waals surface area (Å²) in [5.74, 6) is -0.286. The van der Waals surface area contributed by atoms with Gasteiger partial charge < -0.3 is 19.9 Å². The molecule has 4 rings (SSSR count). The number of hydrogen-bond donors (Lipinski definition) is 2. The largest absolute Gasteiger partial charge is 0.493 e. The molecule has 3 aromatic rings. The summed E-state index contributed by atoms with van der Waals surface area (Å²) in [5, 5.41) is 12.9. The van der Waals surface area contributed by atoms with Crippen LogP contribution in [-0.4, -0.2) is 29.3 Å². The van der Waals surface area contributed by atoms with Crippen molar-refractivity contribution in [1.29, 1.82) is 0 Å². The number of nitrogens with zero attached hydrogens (tertiary/aromatic N) is 1. The lowest BCUT2D eigenvalue weighted by molar-refractivity contribution is -0.115. The quantitative estimate of drug-likeness (QED) is 0.390. The number of carboxylic acid groups (broad SMARTS) is 1. The lowest BCUT2D eigenvalue weighted by Crippen LogP contribution is -2.19. The van der Waals surface area contributed by atoms with Crippen molar-refractivity contribution in [1.82, 2.24) is 5.32 Å². The smallest absolute Gasteiger partial charge is 0.335 e. The molecule has 1 heterocycles. The molecule has 7 nitrogen and oxygen atoms in total. The number of benzene rings is 3. The van der Waals surface area contributed by atoms with Crippen molar-refractivity contribution in [2.24, 2.45) is 4.99 Å². The van der Waals surface area contributed by atoms with Crippen LogP contribution in [0.3, 0.4) is 0 Å². The number of carbonyl (C=O) groups excluding carboxylic acids is 1. The van der Waals surface area contributed by atoms with Crippen LogP contribution in [0.1, 0.15) is 27.0 Å². The zero-order valence-electron chi connectivity index (χ0n) is 18.9. The van der Waals surface area contributed by atoms with Gasteiger partial charge in [-0.2, -0.15) is 0 Å². The second-order valence-corrected chi connectivity index (χ2v) is 9.05. The van der Waals surface area contributed by atoms with Gasteiger partial charge in [0.2, 0.25) is 0 Å². The summed E-state index contributed by atoms with van der Waals surface area (Å²) in [5.41, 5.74) is 3.27. The number of carboxylic acids is 1. The van der Waals surface area contributed by atoms with Crippen LogP contribution in [0.25, 0.3) is 6.08 Å². The minimum atomic E-state index is -0.989. The van der Waals surface area contributed by atoms with E-state index in [1.54, 1.807) is 36.4 Å². The number of aryl methyl sites for hydroxylation is 1. The molecule has 1 aliphatic heterocycles. The van der Waals surface area contributed by atoms with Crippen LogP contribution in [0.5, 0.6) is 11.5 Å². The van der Waals surface area contributed by atoms with Gasteiger partial charge in [0.1, 0.15) is 6.61 Å². The lowest BCUT2D eigenvalue weighted by Gasteiger charge is -2.14. The molecule has 1 saturated heterocycles. The van der Waals surface area contributed by atoms with E-state index < -0.39 is 5.97 Å². The fourth-order valence-corrected chi connectivity index (χ4v) is 4.29. The van der Waals surface area contributed by atoms with E-state index in [0.717, 1.165) is 11.1 Å². The van der Waals surface area contributed by atoms with Gasteiger partial charge in [0.05, 0.1) is 23.3 Å². The first-order valence-electron chi connectivity index (χ1n) is 10.5. The fourth-order valence-electron chi connectivity index (χ4n) is 3.29. The molecule has 0 atom stereocenters. The molecule has 0 spiro atoms. The molecule has 0 aliphatic carbocycles. The van der Waals surface area contributed by atoms with E-state index in [0.29, 0.717) is 37.8 Å². The molecule has 35 heavy (non-hydrogen) atoms. The first kappa shape index (κ1) is 24.4. The van der Waals surface area contributed by atoms with E-state index >= 15 is 0 Å². The minimum Gasteiger partial charge on any atom is -0.493 e. The summed E-state index contributed by atoms with van der Waals surface area (Å²) in [6.45, 7) is 2.11. The molecule has 0 radical (unpaired) electrons. The number of rotatable bonds is 7. The van der Waals surface area contributed by atoms with E-state index in [-0.39, 0.29) is 18.1 Å². The minimum absolute atomic E-state index is 0.191. The highest BCUT2D eigenvalue weighted by molar-refractivity contribution is 8.18. The van der Waals surface area contributed by atoms with Gasteiger partial charge in [-0.05, 0) is 66.2 Å². The van der Waals surface area contributed by atoms with Crippen LogP contribution >= 0.6 is 23.4 Å². The van der Waals surface area contributed by atoms with Gasteiger partial charge in [0.15, 0.2) is 16.7 Å². The summed E-state index contributed by atoms with van der Waals surface area (Å²) in [7, 11) is 1.54. The average molecular weight is 509 g/mol. The first-order chi connectivity index (χ1) is 16.8. The summed E-state index contributed by atoms with van der Waals surface area (Å²) in [6.07, 6.45) is 1.72. The number of halogens is 1. The van der Waals surface area contributed by atoms with Gasteiger partial charge in [0.25, 0.3) is 5.91 Å². The molecule has 2 N–H and O–H groups in total. The Labute approximate surface area is 211 Å². The van der Waals surface area contributed by atoms with Crippen molar-refractivity contribution in [3.8, 4) is 11.5 Å².